The Morgan fingerprint density at radius 2 is 2.12 bits per heavy atom. The molecule has 0 unspecified atom stereocenters. The Kier molecular flexibility index (Phi) is 3.59. The molecule has 90 valence electrons. The zero-order valence-electron chi connectivity index (χ0n) is 10.5. The fourth-order valence-electron chi connectivity index (χ4n) is 2.01. The molecule has 3 nitrogen and oxygen atoms in total. The number of imidazole rings is 1. The Balaban J connectivity index is 2.18. The Hall–Kier alpha value is -1.61. The van der Waals surface area contributed by atoms with Crippen LogP contribution in [0.5, 0.6) is 0 Å². The zero-order chi connectivity index (χ0) is 12.3. The third kappa shape index (κ3) is 2.94. The summed E-state index contributed by atoms with van der Waals surface area (Å²) >= 11 is 0. The van der Waals surface area contributed by atoms with Crippen molar-refractivity contribution in [3.8, 4) is 0 Å². The number of benzene rings is 1. The van der Waals surface area contributed by atoms with Crippen molar-refractivity contribution in [2.45, 2.75) is 26.7 Å². The van der Waals surface area contributed by atoms with Crippen LogP contribution in [-0.4, -0.2) is 16.5 Å². The fraction of sp³-hybridized carbons (Fsp3) is 0.357. The number of aromatic nitrogens is 2. The lowest BCUT2D eigenvalue weighted by Gasteiger charge is -2.00. The molecule has 3 heteroatoms. The standard InChI is InChI=1S/C14H19N3/c1-10-4-3-5-12(8-10)9-13-11(2)16-14(17-13)6-7-15/h3-5,8H,6-7,9,15H2,1-2H3,(H,16,17). The van der Waals surface area contributed by atoms with Gasteiger partial charge in [-0.1, -0.05) is 29.8 Å². The molecule has 2 rings (SSSR count). The van der Waals surface area contributed by atoms with Gasteiger partial charge in [0.15, 0.2) is 0 Å². The van der Waals surface area contributed by atoms with Gasteiger partial charge in [0.1, 0.15) is 5.82 Å². The van der Waals surface area contributed by atoms with Crippen LogP contribution in [0.1, 0.15) is 28.3 Å². The van der Waals surface area contributed by atoms with Crippen LogP contribution in [0, 0.1) is 13.8 Å². The average molecular weight is 229 g/mol. The van der Waals surface area contributed by atoms with Crippen molar-refractivity contribution in [3.05, 3.63) is 52.6 Å². The van der Waals surface area contributed by atoms with Gasteiger partial charge in [0, 0.05) is 18.5 Å². The number of hydrogen-bond donors (Lipinski definition) is 2. The molecule has 0 atom stereocenters. The molecule has 0 saturated heterocycles. The molecular formula is C14H19N3. The average Bonchev–Trinajstić information content (AvgIpc) is 2.60. The van der Waals surface area contributed by atoms with Gasteiger partial charge in [0.05, 0.1) is 5.69 Å². The molecule has 0 spiro atoms. The van der Waals surface area contributed by atoms with Crippen LogP contribution < -0.4 is 5.73 Å². The van der Waals surface area contributed by atoms with Crippen molar-refractivity contribution in [1.82, 2.24) is 9.97 Å². The smallest absolute Gasteiger partial charge is 0.107 e. The van der Waals surface area contributed by atoms with Gasteiger partial charge in [-0.2, -0.15) is 0 Å². The molecule has 0 bridgehead atoms. The Morgan fingerprint density at radius 1 is 1.29 bits per heavy atom. The molecule has 17 heavy (non-hydrogen) atoms. The van der Waals surface area contributed by atoms with Crippen LogP contribution in [0.2, 0.25) is 0 Å². The first-order valence-electron chi connectivity index (χ1n) is 5.99. The SMILES string of the molecule is Cc1cccc(Cc2nc(CCN)[nH]c2C)c1. The van der Waals surface area contributed by atoms with Crippen molar-refractivity contribution in [2.24, 2.45) is 5.73 Å². The minimum atomic E-state index is 0.636. The van der Waals surface area contributed by atoms with E-state index in [9.17, 15) is 0 Å². The van der Waals surface area contributed by atoms with Gasteiger partial charge in [0.2, 0.25) is 0 Å². The van der Waals surface area contributed by atoms with Crippen molar-refractivity contribution in [1.29, 1.82) is 0 Å². The molecule has 1 aromatic carbocycles. The van der Waals surface area contributed by atoms with E-state index < -0.39 is 0 Å². The zero-order valence-corrected chi connectivity index (χ0v) is 10.5. The number of nitrogens with one attached hydrogen (secondary N) is 1. The second kappa shape index (κ2) is 5.15. The van der Waals surface area contributed by atoms with E-state index in [1.807, 2.05) is 0 Å². The lowest BCUT2D eigenvalue weighted by atomic mass is 10.1. The maximum absolute atomic E-state index is 5.53. The number of aromatic amines is 1. The van der Waals surface area contributed by atoms with E-state index in [2.05, 4.69) is 48.1 Å². The maximum atomic E-state index is 5.53. The van der Waals surface area contributed by atoms with E-state index >= 15 is 0 Å². The van der Waals surface area contributed by atoms with Crippen LogP contribution in [0.15, 0.2) is 24.3 Å². The first-order chi connectivity index (χ1) is 8.19. The largest absolute Gasteiger partial charge is 0.346 e. The van der Waals surface area contributed by atoms with E-state index in [4.69, 9.17) is 5.73 Å². The van der Waals surface area contributed by atoms with E-state index in [1.54, 1.807) is 0 Å². The maximum Gasteiger partial charge on any atom is 0.107 e. The lowest BCUT2D eigenvalue weighted by molar-refractivity contribution is 0.885. The Labute approximate surface area is 102 Å². The highest BCUT2D eigenvalue weighted by Crippen LogP contribution is 2.13. The number of rotatable bonds is 4. The molecule has 0 aliphatic heterocycles. The second-order valence-electron chi connectivity index (χ2n) is 4.46. The van der Waals surface area contributed by atoms with Crippen LogP contribution in [0.4, 0.5) is 0 Å². The summed E-state index contributed by atoms with van der Waals surface area (Å²) in [6, 6.07) is 8.55. The number of aryl methyl sites for hydroxylation is 2. The second-order valence-corrected chi connectivity index (χ2v) is 4.46. The van der Waals surface area contributed by atoms with Gasteiger partial charge in [-0.05, 0) is 26.0 Å². The molecule has 0 amide bonds. The van der Waals surface area contributed by atoms with Gasteiger partial charge < -0.3 is 10.7 Å². The van der Waals surface area contributed by atoms with E-state index in [1.165, 1.54) is 11.1 Å². The Bertz CT molecular complexity index is 500. The van der Waals surface area contributed by atoms with Crippen molar-refractivity contribution in [3.63, 3.8) is 0 Å². The molecule has 1 heterocycles. The van der Waals surface area contributed by atoms with Crippen molar-refractivity contribution in [2.75, 3.05) is 6.54 Å². The summed E-state index contributed by atoms with van der Waals surface area (Å²) < 4.78 is 0. The summed E-state index contributed by atoms with van der Waals surface area (Å²) in [5.41, 5.74) is 10.4. The number of hydrogen-bond acceptors (Lipinski definition) is 2. The fourth-order valence-corrected chi connectivity index (χ4v) is 2.01. The van der Waals surface area contributed by atoms with Crippen LogP contribution in [-0.2, 0) is 12.8 Å². The van der Waals surface area contributed by atoms with Crippen LogP contribution >= 0.6 is 0 Å². The van der Waals surface area contributed by atoms with Crippen molar-refractivity contribution >= 4 is 0 Å². The van der Waals surface area contributed by atoms with E-state index in [0.29, 0.717) is 6.54 Å². The number of nitrogens with zero attached hydrogens (tertiary/aromatic N) is 1. The van der Waals surface area contributed by atoms with Gasteiger partial charge in [-0.15, -0.1) is 0 Å². The molecule has 0 radical (unpaired) electrons. The summed E-state index contributed by atoms with van der Waals surface area (Å²) in [4.78, 5) is 7.88. The molecular weight excluding hydrogens is 210 g/mol. The minimum Gasteiger partial charge on any atom is -0.346 e. The monoisotopic (exact) mass is 229 g/mol. The highest BCUT2D eigenvalue weighted by Gasteiger charge is 2.06. The molecule has 1 aromatic heterocycles. The quantitative estimate of drug-likeness (QED) is 0.843. The first kappa shape index (κ1) is 11.9. The third-order valence-corrected chi connectivity index (χ3v) is 2.87. The van der Waals surface area contributed by atoms with Gasteiger partial charge in [-0.3, -0.25) is 0 Å². The predicted octanol–water partition coefficient (Wildman–Crippen LogP) is 2.12. The minimum absolute atomic E-state index is 0.636. The highest BCUT2D eigenvalue weighted by molar-refractivity contribution is 5.28. The van der Waals surface area contributed by atoms with E-state index in [-0.39, 0.29) is 0 Å². The highest BCUT2D eigenvalue weighted by atomic mass is 14.9. The van der Waals surface area contributed by atoms with Crippen LogP contribution in [0.25, 0.3) is 0 Å². The van der Waals surface area contributed by atoms with Crippen molar-refractivity contribution < 1.29 is 0 Å². The predicted molar refractivity (Wildman–Crippen MR) is 70.1 cm³/mol. The number of H-pyrrole nitrogens is 1. The third-order valence-electron chi connectivity index (χ3n) is 2.87. The first-order valence-corrected chi connectivity index (χ1v) is 5.99. The number of nitrogens with two attached hydrogens (primary N) is 1. The van der Waals surface area contributed by atoms with Gasteiger partial charge >= 0.3 is 0 Å². The summed E-state index contributed by atoms with van der Waals surface area (Å²) in [5, 5.41) is 0. The lowest BCUT2D eigenvalue weighted by Crippen LogP contribution is -2.04. The van der Waals surface area contributed by atoms with Crippen LogP contribution in [0.3, 0.4) is 0 Å². The van der Waals surface area contributed by atoms with Gasteiger partial charge in [-0.25, -0.2) is 4.98 Å². The molecule has 0 aliphatic rings. The molecule has 2 aromatic rings. The Morgan fingerprint density at radius 3 is 2.82 bits per heavy atom. The normalized spacial score (nSPS) is 10.8. The summed E-state index contributed by atoms with van der Waals surface area (Å²) in [7, 11) is 0. The summed E-state index contributed by atoms with van der Waals surface area (Å²) in [5.74, 6) is 0.993. The van der Waals surface area contributed by atoms with E-state index in [0.717, 1.165) is 30.1 Å². The van der Waals surface area contributed by atoms with Gasteiger partial charge in [0.25, 0.3) is 0 Å². The topological polar surface area (TPSA) is 54.7 Å². The molecule has 3 N–H and O–H groups in total. The molecule has 0 saturated carbocycles. The molecule has 0 aliphatic carbocycles. The summed E-state index contributed by atoms with van der Waals surface area (Å²) in [6.07, 6.45) is 1.70. The molecule has 0 fully saturated rings. The summed E-state index contributed by atoms with van der Waals surface area (Å²) in [6.45, 7) is 4.82.